The highest BCUT2D eigenvalue weighted by Crippen LogP contribution is 2.29. The van der Waals surface area contributed by atoms with Crippen molar-refractivity contribution in [1.29, 1.82) is 0 Å². The highest BCUT2D eigenvalue weighted by atomic mass is 32.1. The molecule has 0 aliphatic heterocycles. The van der Waals surface area contributed by atoms with Crippen LogP contribution in [0.1, 0.15) is 4.88 Å². The van der Waals surface area contributed by atoms with Crippen LogP contribution in [0.15, 0.2) is 29.8 Å². The molecule has 5 heteroatoms. The van der Waals surface area contributed by atoms with Gasteiger partial charge in [0, 0.05) is 29.1 Å². The van der Waals surface area contributed by atoms with Crippen molar-refractivity contribution < 1.29 is 9.53 Å². The quantitative estimate of drug-likeness (QED) is 0.921. The van der Waals surface area contributed by atoms with Crippen LogP contribution >= 0.6 is 11.3 Å². The van der Waals surface area contributed by atoms with E-state index in [4.69, 9.17) is 4.74 Å². The van der Waals surface area contributed by atoms with Crippen molar-refractivity contribution in [3.05, 3.63) is 34.7 Å². The fourth-order valence-electron chi connectivity index (χ4n) is 1.62. The lowest BCUT2D eigenvalue weighted by Crippen LogP contribution is -2.17. The summed E-state index contributed by atoms with van der Waals surface area (Å²) < 4.78 is 4.80. The molecule has 2 aromatic rings. The Bertz CT molecular complexity index is 551. The second kappa shape index (κ2) is 5.75. The summed E-state index contributed by atoms with van der Waals surface area (Å²) in [5.74, 6) is -0.182. The Morgan fingerprint density at radius 3 is 3.06 bits per heavy atom. The van der Waals surface area contributed by atoms with Gasteiger partial charge in [-0.3, -0.25) is 9.78 Å². The molecule has 0 saturated heterocycles. The average Bonchev–Trinajstić information content (AvgIpc) is 2.77. The number of carbonyl (C=O) groups is 1. The van der Waals surface area contributed by atoms with Crippen molar-refractivity contribution in [2.45, 2.75) is 6.92 Å². The second-order valence-corrected chi connectivity index (χ2v) is 4.94. The summed E-state index contributed by atoms with van der Waals surface area (Å²) in [6, 6.07) is 5.69. The van der Waals surface area contributed by atoms with E-state index in [1.165, 1.54) is 12.0 Å². The van der Waals surface area contributed by atoms with Gasteiger partial charge in [0.2, 0.25) is 5.91 Å². The van der Waals surface area contributed by atoms with E-state index < -0.39 is 0 Å². The molecule has 0 saturated carbocycles. The SMILES string of the molecule is COCC(=O)Nc1cccnc1-c1csc(C)c1. The van der Waals surface area contributed by atoms with Crippen molar-refractivity contribution >= 4 is 22.9 Å². The zero-order valence-electron chi connectivity index (χ0n) is 10.3. The van der Waals surface area contributed by atoms with Crippen molar-refractivity contribution in [2.24, 2.45) is 0 Å². The Balaban J connectivity index is 2.28. The Labute approximate surface area is 110 Å². The number of hydrogen-bond donors (Lipinski definition) is 1. The molecule has 0 radical (unpaired) electrons. The van der Waals surface area contributed by atoms with Crippen LogP contribution in [0.25, 0.3) is 11.3 Å². The normalized spacial score (nSPS) is 10.3. The number of nitrogens with one attached hydrogen (secondary N) is 1. The molecule has 0 aliphatic rings. The van der Waals surface area contributed by atoms with Crippen LogP contribution in [0, 0.1) is 6.92 Å². The van der Waals surface area contributed by atoms with Gasteiger partial charge in [-0.05, 0) is 25.1 Å². The lowest BCUT2D eigenvalue weighted by molar-refractivity contribution is -0.119. The molecular formula is C13H14N2O2S. The molecule has 0 aromatic carbocycles. The maximum Gasteiger partial charge on any atom is 0.250 e. The number of pyridine rings is 1. The second-order valence-electron chi connectivity index (χ2n) is 3.83. The summed E-state index contributed by atoms with van der Waals surface area (Å²) in [5.41, 5.74) is 2.51. The molecule has 2 aromatic heterocycles. The number of carbonyl (C=O) groups excluding carboxylic acids is 1. The van der Waals surface area contributed by atoms with Gasteiger partial charge in [0.25, 0.3) is 0 Å². The number of amides is 1. The van der Waals surface area contributed by atoms with E-state index >= 15 is 0 Å². The van der Waals surface area contributed by atoms with Gasteiger partial charge >= 0.3 is 0 Å². The van der Waals surface area contributed by atoms with Gasteiger partial charge in [0.15, 0.2) is 0 Å². The van der Waals surface area contributed by atoms with Crippen LogP contribution in [0.4, 0.5) is 5.69 Å². The molecule has 0 bridgehead atoms. The predicted octanol–water partition coefficient (Wildman–Crippen LogP) is 2.70. The van der Waals surface area contributed by atoms with Crippen molar-refractivity contribution in [2.75, 3.05) is 19.0 Å². The lowest BCUT2D eigenvalue weighted by Gasteiger charge is -2.08. The maximum atomic E-state index is 11.5. The minimum Gasteiger partial charge on any atom is -0.375 e. The first-order chi connectivity index (χ1) is 8.70. The third-order valence-corrected chi connectivity index (χ3v) is 3.22. The van der Waals surface area contributed by atoms with Gasteiger partial charge in [0.05, 0.1) is 11.4 Å². The van der Waals surface area contributed by atoms with Crippen LogP contribution in [0.2, 0.25) is 0 Å². The summed E-state index contributed by atoms with van der Waals surface area (Å²) in [4.78, 5) is 17.1. The minimum atomic E-state index is -0.182. The topological polar surface area (TPSA) is 51.2 Å². The standard InChI is InChI=1S/C13H14N2O2S/c1-9-6-10(8-18-9)13-11(4-3-5-14-13)15-12(16)7-17-2/h3-6,8H,7H2,1-2H3,(H,15,16). The number of methoxy groups -OCH3 is 1. The van der Waals surface area contributed by atoms with E-state index in [1.807, 2.05) is 18.4 Å². The van der Waals surface area contributed by atoms with Gasteiger partial charge in [0.1, 0.15) is 6.61 Å². The van der Waals surface area contributed by atoms with E-state index in [0.29, 0.717) is 5.69 Å². The largest absolute Gasteiger partial charge is 0.375 e. The predicted molar refractivity (Wildman–Crippen MR) is 72.8 cm³/mol. The molecule has 0 atom stereocenters. The van der Waals surface area contributed by atoms with Gasteiger partial charge in [-0.15, -0.1) is 11.3 Å². The molecule has 0 aliphatic carbocycles. The van der Waals surface area contributed by atoms with Gasteiger partial charge in [-0.1, -0.05) is 0 Å². The minimum absolute atomic E-state index is 0.0387. The molecule has 4 nitrogen and oxygen atoms in total. The van der Waals surface area contributed by atoms with Gasteiger partial charge < -0.3 is 10.1 Å². The number of ether oxygens (including phenoxy) is 1. The fourth-order valence-corrected chi connectivity index (χ4v) is 2.31. The highest BCUT2D eigenvalue weighted by molar-refractivity contribution is 7.10. The summed E-state index contributed by atoms with van der Waals surface area (Å²) in [7, 11) is 1.49. The number of thiophene rings is 1. The third-order valence-electron chi connectivity index (χ3n) is 2.36. The molecular weight excluding hydrogens is 248 g/mol. The average molecular weight is 262 g/mol. The van der Waals surface area contributed by atoms with Gasteiger partial charge in [-0.2, -0.15) is 0 Å². The van der Waals surface area contributed by atoms with Gasteiger partial charge in [-0.25, -0.2) is 0 Å². The summed E-state index contributed by atoms with van der Waals surface area (Å²) in [5, 5.41) is 4.83. The summed E-state index contributed by atoms with van der Waals surface area (Å²) >= 11 is 1.66. The summed E-state index contributed by atoms with van der Waals surface area (Å²) in [6.07, 6.45) is 1.72. The fraction of sp³-hybridized carbons (Fsp3) is 0.231. The molecule has 0 fully saturated rings. The Morgan fingerprint density at radius 1 is 1.56 bits per heavy atom. The molecule has 2 heterocycles. The van der Waals surface area contributed by atoms with Crippen LogP contribution in [0.5, 0.6) is 0 Å². The van der Waals surface area contributed by atoms with Crippen molar-refractivity contribution in [3.63, 3.8) is 0 Å². The Morgan fingerprint density at radius 2 is 2.39 bits per heavy atom. The number of aromatic nitrogens is 1. The van der Waals surface area contributed by atoms with Crippen LogP contribution < -0.4 is 5.32 Å². The van der Waals surface area contributed by atoms with Crippen molar-refractivity contribution in [1.82, 2.24) is 4.98 Å². The lowest BCUT2D eigenvalue weighted by atomic mass is 10.2. The molecule has 2 rings (SSSR count). The first-order valence-electron chi connectivity index (χ1n) is 5.50. The third kappa shape index (κ3) is 2.94. The number of aryl methyl sites for hydroxylation is 1. The molecule has 18 heavy (non-hydrogen) atoms. The number of nitrogens with zero attached hydrogens (tertiary/aromatic N) is 1. The van der Waals surface area contributed by atoms with E-state index in [1.54, 1.807) is 23.6 Å². The zero-order valence-corrected chi connectivity index (χ0v) is 11.1. The number of hydrogen-bond acceptors (Lipinski definition) is 4. The summed E-state index contributed by atoms with van der Waals surface area (Å²) in [6.45, 7) is 2.08. The number of rotatable bonds is 4. The number of anilines is 1. The first-order valence-corrected chi connectivity index (χ1v) is 6.38. The smallest absolute Gasteiger partial charge is 0.250 e. The molecule has 0 unspecified atom stereocenters. The van der Waals surface area contributed by atoms with Crippen molar-refractivity contribution in [3.8, 4) is 11.3 Å². The van der Waals surface area contributed by atoms with E-state index in [0.717, 1.165) is 11.3 Å². The monoisotopic (exact) mass is 262 g/mol. The highest BCUT2D eigenvalue weighted by Gasteiger charge is 2.10. The Kier molecular flexibility index (Phi) is 4.07. The maximum absolute atomic E-state index is 11.5. The van der Waals surface area contributed by atoms with Crippen LogP contribution in [-0.2, 0) is 9.53 Å². The zero-order chi connectivity index (χ0) is 13.0. The van der Waals surface area contributed by atoms with E-state index in [-0.39, 0.29) is 12.5 Å². The van der Waals surface area contributed by atoms with E-state index in [2.05, 4.69) is 16.4 Å². The molecule has 94 valence electrons. The molecule has 1 amide bonds. The van der Waals surface area contributed by atoms with Crippen LogP contribution in [0.3, 0.4) is 0 Å². The molecule has 1 N–H and O–H groups in total. The Hall–Kier alpha value is -1.72. The van der Waals surface area contributed by atoms with Crippen LogP contribution in [-0.4, -0.2) is 24.6 Å². The van der Waals surface area contributed by atoms with E-state index in [9.17, 15) is 4.79 Å². The first kappa shape index (κ1) is 12.7. The molecule has 0 spiro atoms.